The molecule has 0 aliphatic carbocycles. The monoisotopic (exact) mass is 323 g/mol. The molecule has 1 aromatic rings. The number of benzene rings is 1. The average Bonchev–Trinajstić information content (AvgIpc) is 2.45. The maximum atomic E-state index is 2.62. The van der Waals surface area contributed by atoms with E-state index in [1.54, 1.807) is 0 Å². The molecule has 0 N–H and O–H groups in total. The van der Waals surface area contributed by atoms with Gasteiger partial charge in [-0.1, -0.05) is 67.0 Å². The van der Waals surface area contributed by atoms with Gasteiger partial charge in [0, 0.05) is 17.2 Å². The van der Waals surface area contributed by atoms with Crippen LogP contribution in [0.3, 0.4) is 0 Å². The first-order valence-corrected chi connectivity index (χ1v) is 10.5. The predicted molar refractivity (Wildman–Crippen MR) is 98.2 cm³/mol. The maximum Gasteiger partial charge on any atom is 0.0215 e. The lowest BCUT2D eigenvalue weighted by molar-refractivity contribution is 0.242. The second kappa shape index (κ2) is 8.50. The van der Waals surface area contributed by atoms with E-state index in [-0.39, 0.29) is 0 Å². The van der Waals surface area contributed by atoms with Crippen molar-refractivity contribution < 1.29 is 0 Å². The van der Waals surface area contributed by atoms with E-state index in [1.807, 2.05) is 21.6 Å². The van der Waals surface area contributed by atoms with Crippen LogP contribution in [0.5, 0.6) is 0 Å². The number of nitrogens with zero attached hydrogens (tertiary/aromatic N) is 1. The molecule has 1 nitrogen and oxygen atoms in total. The van der Waals surface area contributed by atoms with Crippen LogP contribution in [-0.4, -0.2) is 30.3 Å². The first kappa shape index (κ1) is 17.2. The van der Waals surface area contributed by atoms with Gasteiger partial charge >= 0.3 is 0 Å². The van der Waals surface area contributed by atoms with E-state index in [2.05, 4.69) is 49.9 Å². The molecule has 0 bridgehead atoms. The minimum atomic E-state index is 0.356. The fourth-order valence-corrected chi connectivity index (χ4v) is 5.02. The normalized spacial score (nSPS) is 17.1. The quantitative estimate of drug-likeness (QED) is 0.502. The molecule has 0 radical (unpaired) electrons. The summed E-state index contributed by atoms with van der Waals surface area (Å²) in [5.74, 6) is 1.23. The zero-order valence-corrected chi connectivity index (χ0v) is 15.4. The molecule has 0 amide bonds. The molecule has 1 saturated heterocycles. The van der Waals surface area contributed by atoms with Gasteiger partial charge in [-0.3, -0.25) is 0 Å². The third-order valence-electron chi connectivity index (χ3n) is 3.78. The Hall–Kier alpha value is -0.120. The van der Waals surface area contributed by atoms with Crippen LogP contribution in [-0.2, 0) is 6.42 Å². The highest BCUT2D eigenvalue weighted by molar-refractivity contribution is 8.76. The average molecular weight is 324 g/mol. The van der Waals surface area contributed by atoms with E-state index >= 15 is 0 Å². The molecule has 0 aromatic heterocycles. The van der Waals surface area contributed by atoms with E-state index in [1.165, 1.54) is 55.1 Å². The van der Waals surface area contributed by atoms with E-state index < -0.39 is 0 Å². The van der Waals surface area contributed by atoms with Crippen molar-refractivity contribution in [2.24, 2.45) is 5.41 Å². The fourth-order valence-electron chi connectivity index (χ4n) is 2.76. The summed E-state index contributed by atoms with van der Waals surface area (Å²) in [4.78, 5) is 4.08. The Morgan fingerprint density at radius 1 is 1.05 bits per heavy atom. The molecule has 1 heterocycles. The summed E-state index contributed by atoms with van der Waals surface area (Å²) in [6.07, 6.45) is 5.37. The van der Waals surface area contributed by atoms with Crippen LogP contribution >= 0.6 is 21.6 Å². The molecular weight excluding hydrogens is 294 g/mol. The van der Waals surface area contributed by atoms with Crippen LogP contribution in [0.25, 0.3) is 0 Å². The van der Waals surface area contributed by atoms with Gasteiger partial charge in [-0.2, -0.15) is 0 Å². The highest BCUT2D eigenvalue weighted by Gasteiger charge is 2.14. The van der Waals surface area contributed by atoms with Gasteiger partial charge in [0.25, 0.3) is 0 Å². The van der Waals surface area contributed by atoms with Crippen molar-refractivity contribution >= 4 is 21.6 Å². The molecule has 0 atom stereocenters. The van der Waals surface area contributed by atoms with E-state index in [4.69, 9.17) is 0 Å². The second-order valence-electron chi connectivity index (χ2n) is 7.15. The molecule has 2 rings (SSSR count). The minimum absolute atomic E-state index is 0.356. The summed E-state index contributed by atoms with van der Waals surface area (Å²) in [6, 6.07) is 8.90. The smallest absolute Gasteiger partial charge is 0.0215 e. The van der Waals surface area contributed by atoms with Crippen LogP contribution in [0, 0.1) is 5.41 Å². The second-order valence-corrected chi connectivity index (χ2v) is 9.61. The van der Waals surface area contributed by atoms with E-state index in [0.717, 1.165) is 6.42 Å². The zero-order valence-electron chi connectivity index (χ0n) is 13.7. The van der Waals surface area contributed by atoms with Gasteiger partial charge in [0.15, 0.2) is 0 Å². The Balaban J connectivity index is 1.77. The van der Waals surface area contributed by atoms with Gasteiger partial charge in [-0.15, -0.1) is 0 Å². The SMILES string of the molecule is CC(C)(C)Cc1ccccc1SSCCN1CCCCC1. The van der Waals surface area contributed by atoms with Gasteiger partial charge in [0.1, 0.15) is 0 Å². The van der Waals surface area contributed by atoms with Crippen molar-refractivity contribution in [2.45, 2.75) is 51.3 Å². The topological polar surface area (TPSA) is 3.24 Å². The van der Waals surface area contributed by atoms with Crippen LogP contribution in [0.4, 0.5) is 0 Å². The molecular formula is C18H29NS2. The number of hydrogen-bond acceptors (Lipinski definition) is 3. The molecule has 0 spiro atoms. The minimum Gasteiger partial charge on any atom is -0.302 e. The third kappa shape index (κ3) is 6.66. The summed E-state index contributed by atoms with van der Waals surface area (Å²) in [5.41, 5.74) is 1.86. The highest BCUT2D eigenvalue weighted by atomic mass is 33.1. The number of rotatable bonds is 6. The van der Waals surface area contributed by atoms with Crippen molar-refractivity contribution in [1.82, 2.24) is 4.90 Å². The lowest BCUT2D eigenvalue weighted by atomic mass is 9.88. The predicted octanol–water partition coefficient (Wildman–Crippen LogP) is 5.50. The summed E-state index contributed by atoms with van der Waals surface area (Å²) in [6.45, 7) is 10.8. The standard InChI is InChI=1S/C18H29NS2/c1-18(2,3)15-16-9-5-6-10-17(16)21-20-14-13-19-11-7-4-8-12-19/h5-6,9-10H,4,7-8,11-15H2,1-3H3. The lowest BCUT2D eigenvalue weighted by Crippen LogP contribution is -2.31. The van der Waals surface area contributed by atoms with Gasteiger partial charge in [-0.05, 0) is 49.4 Å². The molecule has 1 fully saturated rings. The van der Waals surface area contributed by atoms with Gasteiger partial charge in [0.2, 0.25) is 0 Å². The Labute approximate surface area is 138 Å². The summed E-state index contributed by atoms with van der Waals surface area (Å²) < 4.78 is 0. The largest absolute Gasteiger partial charge is 0.302 e. The van der Waals surface area contributed by atoms with Crippen LogP contribution < -0.4 is 0 Å². The maximum absolute atomic E-state index is 2.62. The first-order chi connectivity index (χ1) is 10.0. The van der Waals surface area contributed by atoms with Crippen LogP contribution in [0.1, 0.15) is 45.6 Å². The molecule has 118 valence electrons. The van der Waals surface area contributed by atoms with Crippen molar-refractivity contribution in [1.29, 1.82) is 0 Å². The highest BCUT2D eigenvalue weighted by Crippen LogP contribution is 2.36. The fraction of sp³-hybridized carbons (Fsp3) is 0.667. The zero-order chi connectivity index (χ0) is 15.1. The number of piperidine rings is 1. The third-order valence-corrected chi connectivity index (χ3v) is 6.22. The molecule has 1 aliphatic rings. The van der Waals surface area contributed by atoms with Gasteiger partial charge in [0.05, 0.1) is 0 Å². The van der Waals surface area contributed by atoms with E-state index in [9.17, 15) is 0 Å². The Kier molecular flexibility index (Phi) is 6.97. The summed E-state index contributed by atoms with van der Waals surface area (Å²) >= 11 is 0. The first-order valence-electron chi connectivity index (χ1n) is 8.14. The van der Waals surface area contributed by atoms with Crippen LogP contribution in [0.15, 0.2) is 29.2 Å². The molecule has 0 unspecified atom stereocenters. The van der Waals surface area contributed by atoms with Gasteiger partial charge in [-0.25, -0.2) is 0 Å². The number of likely N-dealkylation sites (tertiary alicyclic amines) is 1. The lowest BCUT2D eigenvalue weighted by Gasteiger charge is -2.26. The molecule has 0 saturated carbocycles. The van der Waals surface area contributed by atoms with Crippen molar-refractivity contribution in [3.8, 4) is 0 Å². The molecule has 21 heavy (non-hydrogen) atoms. The van der Waals surface area contributed by atoms with Crippen molar-refractivity contribution in [3.63, 3.8) is 0 Å². The number of hydrogen-bond donors (Lipinski definition) is 0. The summed E-state index contributed by atoms with van der Waals surface area (Å²) in [5, 5.41) is 0. The molecule has 1 aromatic carbocycles. The van der Waals surface area contributed by atoms with Gasteiger partial charge < -0.3 is 4.90 Å². The van der Waals surface area contributed by atoms with Crippen molar-refractivity contribution in [3.05, 3.63) is 29.8 Å². The van der Waals surface area contributed by atoms with Crippen LogP contribution in [0.2, 0.25) is 0 Å². The Morgan fingerprint density at radius 3 is 2.48 bits per heavy atom. The molecule has 1 aliphatic heterocycles. The molecule has 3 heteroatoms. The Morgan fingerprint density at radius 2 is 1.76 bits per heavy atom. The summed E-state index contributed by atoms with van der Waals surface area (Å²) in [7, 11) is 3.98. The Bertz CT molecular complexity index is 419. The van der Waals surface area contributed by atoms with E-state index in [0.29, 0.717) is 5.41 Å². The van der Waals surface area contributed by atoms with Crippen molar-refractivity contribution in [2.75, 3.05) is 25.4 Å².